The van der Waals surface area contributed by atoms with Gasteiger partial charge in [-0.05, 0) is 38.1 Å². The van der Waals surface area contributed by atoms with Crippen LogP contribution in [-0.2, 0) is 4.79 Å². The molecule has 0 aromatic rings. The zero-order valence-corrected chi connectivity index (χ0v) is 10.5. The van der Waals surface area contributed by atoms with Crippen molar-refractivity contribution in [2.45, 2.75) is 57.5 Å². The molecule has 16 heavy (non-hydrogen) atoms. The Morgan fingerprint density at radius 2 is 1.94 bits per heavy atom. The molecule has 1 amide bonds. The molecule has 2 aliphatic rings. The molecule has 92 valence electrons. The Kier molecular flexibility index (Phi) is 3.85. The number of carbonyl (C=O) groups is 1. The van der Waals surface area contributed by atoms with Crippen LogP contribution >= 0.6 is 0 Å². The number of nitrogens with zero attached hydrogens (tertiary/aromatic N) is 1. The van der Waals surface area contributed by atoms with Crippen molar-refractivity contribution in [2.75, 3.05) is 13.6 Å². The van der Waals surface area contributed by atoms with E-state index in [-0.39, 0.29) is 6.04 Å². The zero-order valence-electron chi connectivity index (χ0n) is 10.5. The van der Waals surface area contributed by atoms with Crippen molar-refractivity contribution in [3.63, 3.8) is 0 Å². The van der Waals surface area contributed by atoms with E-state index in [0.717, 1.165) is 13.0 Å². The summed E-state index contributed by atoms with van der Waals surface area (Å²) in [7, 11) is 1.99. The third kappa shape index (κ3) is 2.57. The summed E-state index contributed by atoms with van der Waals surface area (Å²) in [5.74, 6) is 1.01. The van der Waals surface area contributed by atoms with E-state index in [0.29, 0.717) is 17.9 Å². The van der Waals surface area contributed by atoms with Crippen LogP contribution in [0.5, 0.6) is 0 Å². The highest BCUT2D eigenvalue weighted by atomic mass is 16.2. The molecule has 1 N–H and O–H groups in total. The molecule has 0 aromatic carbocycles. The van der Waals surface area contributed by atoms with E-state index in [1.165, 1.54) is 32.1 Å². The highest BCUT2D eigenvalue weighted by molar-refractivity contribution is 5.82. The lowest BCUT2D eigenvalue weighted by atomic mass is 9.93. The first-order chi connectivity index (χ1) is 7.68. The maximum absolute atomic E-state index is 12.3. The van der Waals surface area contributed by atoms with E-state index >= 15 is 0 Å². The molecule has 1 aliphatic heterocycles. The molecular formula is C13H24N2O. The first-order valence-corrected chi connectivity index (χ1v) is 6.68. The minimum atomic E-state index is 0.0781. The smallest absolute Gasteiger partial charge is 0.239 e. The fraction of sp³-hybridized carbons (Fsp3) is 0.923. The molecule has 2 rings (SSSR count). The van der Waals surface area contributed by atoms with E-state index in [1.54, 1.807) is 0 Å². The van der Waals surface area contributed by atoms with Crippen molar-refractivity contribution in [2.24, 2.45) is 5.92 Å². The van der Waals surface area contributed by atoms with Crippen LogP contribution in [0.1, 0.15) is 45.4 Å². The fourth-order valence-electron chi connectivity index (χ4n) is 3.01. The number of nitrogens with one attached hydrogen (secondary N) is 1. The zero-order chi connectivity index (χ0) is 11.5. The number of rotatable bonds is 2. The van der Waals surface area contributed by atoms with Gasteiger partial charge in [0.05, 0.1) is 6.04 Å². The lowest BCUT2D eigenvalue weighted by Gasteiger charge is -2.33. The Bertz CT molecular complexity index is 244. The van der Waals surface area contributed by atoms with Crippen LogP contribution in [-0.4, -0.2) is 36.5 Å². The predicted octanol–water partition coefficient (Wildman–Crippen LogP) is 1.78. The van der Waals surface area contributed by atoms with Gasteiger partial charge in [-0.2, -0.15) is 0 Å². The highest BCUT2D eigenvalue weighted by Gasteiger charge is 2.30. The van der Waals surface area contributed by atoms with Crippen molar-refractivity contribution < 1.29 is 4.79 Å². The van der Waals surface area contributed by atoms with Gasteiger partial charge in [0.25, 0.3) is 0 Å². The van der Waals surface area contributed by atoms with Gasteiger partial charge in [-0.25, -0.2) is 0 Å². The topological polar surface area (TPSA) is 32.3 Å². The van der Waals surface area contributed by atoms with Crippen molar-refractivity contribution in [3.8, 4) is 0 Å². The van der Waals surface area contributed by atoms with Crippen LogP contribution in [0.15, 0.2) is 0 Å². The summed E-state index contributed by atoms with van der Waals surface area (Å²) in [6.07, 6.45) is 7.19. The van der Waals surface area contributed by atoms with E-state index in [9.17, 15) is 4.79 Å². The Labute approximate surface area is 98.6 Å². The second-order valence-electron chi connectivity index (χ2n) is 5.52. The summed E-state index contributed by atoms with van der Waals surface area (Å²) in [6, 6.07) is 0.584. The molecule has 0 bridgehead atoms. The average Bonchev–Trinajstić information content (AvgIpc) is 2.80. The Morgan fingerprint density at radius 1 is 1.25 bits per heavy atom. The molecule has 2 atom stereocenters. The third-order valence-corrected chi connectivity index (χ3v) is 4.18. The molecule has 0 aromatic heterocycles. The number of piperidine rings is 1. The lowest BCUT2D eigenvalue weighted by molar-refractivity contribution is -0.135. The van der Waals surface area contributed by atoms with Gasteiger partial charge in [-0.3, -0.25) is 4.79 Å². The van der Waals surface area contributed by atoms with E-state index in [2.05, 4.69) is 12.2 Å². The number of likely N-dealkylation sites (N-methyl/N-ethyl adjacent to an activating group) is 1. The highest BCUT2D eigenvalue weighted by Crippen LogP contribution is 2.24. The SMILES string of the molecule is CC1CCNC(C(=O)N(C)C2CCCC2)C1. The van der Waals surface area contributed by atoms with Gasteiger partial charge in [0.1, 0.15) is 0 Å². The molecule has 3 nitrogen and oxygen atoms in total. The molecular weight excluding hydrogens is 200 g/mol. The van der Waals surface area contributed by atoms with Crippen molar-refractivity contribution in [3.05, 3.63) is 0 Å². The average molecular weight is 224 g/mol. The minimum absolute atomic E-state index is 0.0781. The van der Waals surface area contributed by atoms with Crippen molar-refractivity contribution in [1.29, 1.82) is 0 Å². The second-order valence-corrected chi connectivity index (χ2v) is 5.52. The molecule has 2 fully saturated rings. The Balaban J connectivity index is 1.89. The first kappa shape index (κ1) is 11.9. The molecule has 0 radical (unpaired) electrons. The summed E-state index contributed by atoms with van der Waals surface area (Å²) >= 11 is 0. The van der Waals surface area contributed by atoms with Gasteiger partial charge < -0.3 is 10.2 Å². The summed E-state index contributed by atoms with van der Waals surface area (Å²) in [5.41, 5.74) is 0. The van der Waals surface area contributed by atoms with E-state index < -0.39 is 0 Å². The van der Waals surface area contributed by atoms with E-state index in [1.807, 2.05) is 11.9 Å². The van der Waals surface area contributed by atoms with Gasteiger partial charge in [-0.15, -0.1) is 0 Å². The monoisotopic (exact) mass is 224 g/mol. The van der Waals surface area contributed by atoms with Crippen molar-refractivity contribution >= 4 is 5.91 Å². The molecule has 1 heterocycles. The molecule has 1 saturated carbocycles. The van der Waals surface area contributed by atoms with Gasteiger partial charge in [0, 0.05) is 13.1 Å². The summed E-state index contributed by atoms with van der Waals surface area (Å²) < 4.78 is 0. The molecule has 0 spiro atoms. The normalized spacial score (nSPS) is 31.6. The number of amides is 1. The maximum atomic E-state index is 12.3. The maximum Gasteiger partial charge on any atom is 0.239 e. The molecule has 3 heteroatoms. The van der Waals surface area contributed by atoms with E-state index in [4.69, 9.17) is 0 Å². The van der Waals surface area contributed by atoms with Crippen LogP contribution < -0.4 is 5.32 Å². The second kappa shape index (κ2) is 5.17. The largest absolute Gasteiger partial charge is 0.341 e. The van der Waals surface area contributed by atoms with Gasteiger partial charge >= 0.3 is 0 Å². The third-order valence-electron chi connectivity index (χ3n) is 4.18. The van der Waals surface area contributed by atoms with Gasteiger partial charge in [0.15, 0.2) is 0 Å². The summed E-state index contributed by atoms with van der Waals surface area (Å²) in [6.45, 7) is 3.24. The number of hydrogen-bond acceptors (Lipinski definition) is 2. The van der Waals surface area contributed by atoms with Crippen molar-refractivity contribution in [1.82, 2.24) is 10.2 Å². The predicted molar refractivity (Wildman–Crippen MR) is 65.2 cm³/mol. The molecule has 2 unspecified atom stereocenters. The molecule has 1 saturated heterocycles. The van der Waals surface area contributed by atoms with Crippen LogP contribution in [0.3, 0.4) is 0 Å². The number of hydrogen-bond donors (Lipinski definition) is 1. The summed E-state index contributed by atoms with van der Waals surface area (Å²) in [4.78, 5) is 14.3. The van der Waals surface area contributed by atoms with Gasteiger partial charge in [-0.1, -0.05) is 19.8 Å². The fourth-order valence-corrected chi connectivity index (χ4v) is 3.01. The van der Waals surface area contributed by atoms with Crippen LogP contribution in [0.25, 0.3) is 0 Å². The molecule has 1 aliphatic carbocycles. The standard InChI is InChI=1S/C13H24N2O/c1-10-7-8-14-12(9-10)13(16)15(2)11-5-3-4-6-11/h10-12,14H,3-9H2,1-2H3. The lowest BCUT2D eigenvalue weighted by Crippen LogP contribution is -2.51. The quantitative estimate of drug-likeness (QED) is 0.775. The van der Waals surface area contributed by atoms with Crippen LogP contribution in [0.2, 0.25) is 0 Å². The Morgan fingerprint density at radius 3 is 2.56 bits per heavy atom. The Hall–Kier alpha value is -0.570. The van der Waals surface area contributed by atoms with Crippen LogP contribution in [0, 0.1) is 5.92 Å². The minimum Gasteiger partial charge on any atom is -0.341 e. The first-order valence-electron chi connectivity index (χ1n) is 6.68. The number of carbonyl (C=O) groups excluding carboxylic acids is 1. The van der Waals surface area contributed by atoms with Gasteiger partial charge in [0.2, 0.25) is 5.91 Å². The summed E-state index contributed by atoms with van der Waals surface area (Å²) in [5, 5.41) is 3.36. The van der Waals surface area contributed by atoms with Crippen LogP contribution in [0.4, 0.5) is 0 Å².